The Morgan fingerprint density at radius 3 is 3.05 bits per heavy atom. The fourth-order valence-corrected chi connectivity index (χ4v) is 4.07. The molecule has 1 aliphatic carbocycles. The van der Waals surface area contributed by atoms with Gasteiger partial charge in [-0.15, -0.1) is 0 Å². The van der Waals surface area contributed by atoms with Crippen molar-refractivity contribution in [2.45, 2.75) is 38.2 Å². The first-order valence-electron chi connectivity index (χ1n) is 7.20. The summed E-state index contributed by atoms with van der Waals surface area (Å²) >= 11 is 1.66. The molecule has 2 heterocycles. The molecule has 1 fully saturated rings. The Balaban J connectivity index is 1.67. The molecule has 1 aromatic heterocycles. The Bertz CT molecular complexity index is 429. The molecule has 0 amide bonds. The topological polar surface area (TPSA) is 45.6 Å². The van der Waals surface area contributed by atoms with E-state index in [9.17, 15) is 5.11 Å². The van der Waals surface area contributed by atoms with Crippen molar-refractivity contribution < 1.29 is 9.84 Å². The number of hydrogen-bond acceptors (Lipinski definition) is 5. The standard InChI is InChI=1S/C14H22N2O2S/c1-16(8-10-4-3-7-18-9-10)14-15-11-5-2-6-12(17)13(11)19-14/h10,12,17H,2-9H2,1H3. The molecule has 0 spiro atoms. The number of ether oxygens (including phenoxy) is 1. The number of rotatable bonds is 3. The Hall–Kier alpha value is -0.650. The predicted octanol–water partition coefficient (Wildman–Crippen LogP) is 2.38. The monoisotopic (exact) mass is 282 g/mol. The minimum atomic E-state index is -0.290. The van der Waals surface area contributed by atoms with Crippen LogP contribution in [0.2, 0.25) is 0 Å². The number of aromatic nitrogens is 1. The molecule has 1 aromatic rings. The quantitative estimate of drug-likeness (QED) is 0.924. The van der Waals surface area contributed by atoms with Gasteiger partial charge < -0.3 is 14.7 Å². The number of hydrogen-bond donors (Lipinski definition) is 1. The summed E-state index contributed by atoms with van der Waals surface area (Å²) in [5.74, 6) is 0.615. The normalized spacial score (nSPS) is 27.1. The van der Waals surface area contributed by atoms with Crippen molar-refractivity contribution in [3.8, 4) is 0 Å². The van der Waals surface area contributed by atoms with Crippen LogP contribution in [0, 0.1) is 5.92 Å². The zero-order chi connectivity index (χ0) is 13.2. The van der Waals surface area contributed by atoms with E-state index in [4.69, 9.17) is 9.72 Å². The molecule has 2 atom stereocenters. The third-order valence-corrected chi connectivity index (χ3v) is 5.34. The van der Waals surface area contributed by atoms with Crippen molar-refractivity contribution in [2.75, 3.05) is 31.7 Å². The molecule has 5 heteroatoms. The van der Waals surface area contributed by atoms with Crippen molar-refractivity contribution in [3.05, 3.63) is 10.6 Å². The third-order valence-electron chi connectivity index (χ3n) is 4.02. The van der Waals surface area contributed by atoms with E-state index >= 15 is 0 Å². The number of fused-ring (bicyclic) bond motifs is 1. The summed E-state index contributed by atoms with van der Waals surface area (Å²) in [5.41, 5.74) is 1.12. The van der Waals surface area contributed by atoms with Gasteiger partial charge in [0.2, 0.25) is 0 Å². The Labute approximate surface area is 118 Å². The van der Waals surface area contributed by atoms with Crippen LogP contribution in [0.5, 0.6) is 0 Å². The van der Waals surface area contributed by atoms with E-state index in [0.717, 1.165) is 54.7 Å². The summed E-state index contributed by atoms with van der Waals surface area (Å²) < 4.78 is 5.53. The summed E-state index contributed by atoms with van der Waals surface area (Å²) in [5, 5.41) is 11.1. The highest BCUT2D eigenvalue weighted by Crippen LogP contribution is 2.37. The number of aryl methyl sites for hydroxylation is 1. The van der Waals surface area contributed by atoms with Crippen molar-refractivity contribution in [1.82, 2.24) is 4.98 Å². The SMILES string of the molecule is CN(CC1CCCOC1)c1nc2c(s1)C(O)CCC2. The Morgan fingerprint density at radius 2 is 2.32 bits per heavy atom. The molecule has 2 unspecified atom stereocenters. The van der Waals surface area contributed by atoms with Crippen molar-refractivity contribution in [2.24, 2.45) is 5.92 Å². The van der Waals surface area contributed by atoms with Gasteiger partial charge in [-0.25, -0.2) is 4.98 Å². The predicted molar refractivity (Wildman–Crippen MR) is 76.8 cm³/mol. The fraction of sp³-hybridized carbons (Fsp3) is 0.786. The summed E-state index contributed by atoms with van der Waals surface area (Å²) in [6.07, 6.45) is 5.08. The van der Waals surface area contributed by atoms with Crippen molar-refractivity contribution in [3.63, 3.8) is 0 Å². The van der Waals surface area contributed by atoms with Gasteiger partial charge in [-0.3, -0.25) is 0 Å². The fourth-order valence-electron chi connectivity index (χ4n) is 2.96. The maximum Gasteiger partial charge on any atom is 0.185 e. The average Bonchev–Trinajstić information content (AvgIpc) is 2.85. The maximum atomic E-state index is 10.0. The van der Waals surface area contributed by atoms with E-state index < -0.39 is 0 Å². The van der Waals surface area contributed by atoms with Crippen LogP contribution in [0.4, 0.5) is 5.13 Å². The molecule has 106 valence electrons. The van der Waals surface area contributed by atoms with Crippen LogP contribution in [0.1, 0.15) is 42.4 Å². The van der Waals surface area contributed by atoms with Gasteiger partial charge in [-0.2, -0.15) is 0 Å². The molecule has 4 nitrogen and oxygen atoms in total. The Morgan fingerprint density at radius 1 is 1.42 bits per heavy atom. The highest BCUT2D eigenvalue weighted by atomic mass is 32.1. The highest BCUT2D eigenvalue weighted by molar-refractivity contribution is 7.15. The molecule has 1 aliphatic heterocycles. The van der Waals surface area contributed by atoms with E-state index in [1.807, 2.05) is 0 Å². The second-order valence-corrected chi connectivity index (χ2v) is 6.69. The second-order valence-electron chi connectivity index (χ2n) is 5.68. The first-order valence-corrected chi connectivity index (χ1v) is 8.02. The molecule has 0 radical (unpaired) electrons. The van der Waals surface area contributed by atoms with Crippen LogP contribution in [0.3, 0.4) is 0 Å². The van der Waals surface area contributed by atoms with Gasteiger partial charge in [0.1, 0.15) is 0 Å². The molecular formula is C14H22N2O2S. The zero-order valence-corrected chi connectivity index (χ0v) is 12.3. The summed E-state index contributed by atoms with van der Waals surface area (Å²) in [6, 6.07) is 0. The van der Waals surface area contributed by atoms with Gasteiger partial charge >= 0.3 is 0 Å². The summed E-state index contributed by atoms with van der Waals surface area (Å²) in [6.45, 7) is 2.79. The first kappa shape index (κ1) is 13.3. The minimum absolute atomic E-state index is 0.290. The molecule has 1 N–H and O–H groups in total. The van der Waals surface area contributed by atoms with Crippen LogP contribution in [-0.2, 0) is 11.2 Å². The molecule has 0 saturated carbocycles. The molecule has 0 aromatic carbocycles. The van der Waals surface area contributed by atoms with Gasteiger partial charge in [-0.1, -0.05) is 11.3 Å². The smallest absolute Gasteiger partial charge is 0.185 e. The van der Waals surface area contributed by atoms with Gasteiger partial charge in [-0.05, 0) is 38.0 Å². The van der Waals surface area contributed by atoms with E-state index in [-0.39, 0.29) is 6.10 Å². The second kappa shape index (κ2) is 5.77. The molecular weight excluding hydrogens is 260 g/mol. The molecule has 0 bridgehead atoms. The number of nitrogens with zero attached hydrogens (tertiary/aromatic N) is 2. The van der Waals surface area contributed by atoms with E-state index in [2.05, 4.69) is 11.9 Å². The Kier molecular flexibility index (Phi) is 4.05. The lowest BCUT2D eigenvalue weighted by molar-refractivity contribution is 0.0576. The number of thiazole rings is 1. The lowest BCUT2D eigenvalue weighted by atomic mass is 10.0. The van der Waals surface area contributed by atoms with Gasteiger partial charge in [0.05, 0.1) is 23.3 Å². The highest BCUT2D eigenvalue weighted by Gasteiger charge is 2.25. The molecule has 1 saturated heterocycles. The summed E-state index contributed by atoms with van der Waals surface area (Å²) in [4.78, 5) is 8.03. The van der Waals surface area contributed by atoms with Crippen molar-refractivity contribution >= 4 is 16.5 Å². The number of anilines is 1. The van der Waals surface area contributed by atoms with Crippen LogP contribution >= 0.6 is 11.3 Å². The van der Waals surface area contributed by atoms with Crippen LogP contribution in [0.25, 0.3) is 0 Å². The third kappa shape index (κ3) is 2.93. The maximum absolute atomic E-state index is 10.0. The van der Waals surface area contributed by atoms with E-state index in [0.29, 0.717) is 5.92 Å². The van der Waals surface area contributed by atoms with Gasteiger partial charge in [0.15, 0.2) is 5.13 Å². The van der Waals surface area contributed by atoms with Crippen LogP contribution in [-0.4, -0.2) is 36.9 Å². The average molecular weight is 282 g/mol. The minimum Gasteiger partial charge on any atom is -0.388 e. The van der Waals surface area contributed by atoms with Gasteiger partial charge in [0, 0.05) is 20.2 Å². The molecule has 3 rings (SSSR count). The zero-order valence-electron chi connectivity index (χ0n) is 11.5. The lowest BCUT2D eigenvalue weighted by Crippen LogP contribution is -2.30. The largest absolute Gasteiger partial charge is 0.388 e. The van der Waals surface area contributed by atoms with Crippen molar-refractivity contribution in [1.29, 1.82) is 0 Å². The summed E-state index contributed by atoms with van der Waals surface area (Å²) in [7, 11) is 2.10. The first-order chi connectivity index (χ1) is 9.24. The van der Waals surface area contributed by atoms with E-state index in [1.165, 1.54) is 12.8 Å². The number of aliphatic hydroxyl groups excluding tert-OH is 1. The van der Waals surface area contributed by atoms with Crippen LogP contribution < -0.4 is 4.90 Å². The number of aliphatic hydroxyl groups is 1. The molecule has 2 aliphatic rings. The molecule has 19 heavy (non-hydrogen) atoms. The lowest BCUT2D eigenvalue weighted by Gasteiger charge is -2.26. The van der Waals surface area contributed by atoms with E-state index in [1.54, 1.807) is 11.3 Å². The van der Waals surface area contributed by atoms with Gasteiger partial charge in [0.25, 0.3) is 0 Å². The van der Waals surface area contributed by atoms with Crippen LogP contribution in [0.15, 0.2) is 0 Å².